The molecule has 2 aromatic rings. The maximum atomic E-state index is 12.7. The molecule has 5 heteroatoms. The zero-order chi connectivity index (χ0) is 18.0. The number of carbonyl (C=O) groups is 1. The quantitative estimate of drug-likeness (QED) is 0.910. The molecule has 1 aromatic heterocycles. The number of nitrogens with zero attached hydrogens (tertiary/aromatic N) is 3. The molecule has 0 aliphatic carbocycles. The molecule has 0 radical (unpaired) electrons. The van der Waals surface area contributed by atoms with Crippen LogP contribution in [0.15, 0.2) is 24.3 Å². The number of amides is 1. The van der Waals surface area contributed by atoms with Gasteiger partial charge in [-0.25, -0.2) is 0 Å². The molecule has 1 amide bonds. The fourth-order valence-corrected chi connectivity index (χ4v) is 3.68. The van der Waals surface area contributed by atoms with Gasteiger partial charge in [-0.2, -0.15) is 5.10 Å². The second kappa shape index (κ2) is 7.40. The van der Waals surface area contributed by atoms with Crippen molar-refractivity contribution in [3.8, 4) is 0 Å². The van der Waals surface area contributed by atoms with Crippen molar-refractivity contribution in [1.29, 1.82) is 0 Å². The molecule has 1 aliphatic rings. The Labute approximate surface area is 150 Å². The second-order valence-electron chi connectivity index (χ2n) is 7.05. The van der Waals surface area contributed by atoms with Gasteiger partial charge in [0.15, 0.2) is 0 Å². The molecule has 0 bridgehead atoms. The lowest BCUT2D eigenvalue weighted by atomic mass is 10.0. The largest absolute Gasteiger partial charge is 0.350 e. The van der Waals surface area contributed by atoms with Crippen molar-refractivity contribution in [3.63, 3.8) is 0 Å². The highest BCUT2D eigenvalue weighted by molar-refractivity contribution is 5.96. The molecule has 1 N–H and O–H groups in total. The van der Waals surface area contributed by atoms with Crippen molar-refractivity contribution in [3.05, 3.63) is 52.3 Å². The third-order valence-corrected chi connectivity index (χ3v) is 5.24. The molecule has 3 rings (SSSR count). The van der Waals surface area contributed by atoms with Gasteiger partial charge in [0.2, 0.25) is 0 Å². The first-order valence-corrected chi connectivity index (χ1v) is 9.06. The summed E-state index contributed by atoms with van der Waals surface area (Å²) in [5.74, 6) is -0.0283. The molecule has 1 aliphatic heterocycles. The fraction of sp³-hybridized carbons (Fsp3) is 0.500. The molecule has 1 aromatic carbocycles. The lowest BCUT2D eigenvalue weighted by molar-refractivity contribution is 0.0936. The Morgan fingerprint density at radius 3 is 2.36 bits per heavy atom. The SMILES string of the molecule is Cc1ccc(C(CNC(=O)c2c(C)nn(C)c2C)N2CCCC2)cc1. The summed E-state index contributed by atoms with van der Waals surface area (Å²) in [6, 6.07) is 8.89. The number of likely N-dealkylation sites (tertiary alicyclic amines) is 1. The van der Waals surface area contributed by atoms with Crippen LogP contribution in [0.1, 0.15) is 51.8 Å². The average molecular weight is 340 g/mol. The van der Waals surface area contributed by atoms with E-state index in [-0.39, 0.29) is 11.9 Å². The van der Waals surface area contributed by atoms with E-state index in [0.29, 0.717) is 12.1 Å². The van der Waals surface area contributed by atoms with Crippen LogP contribution in [0.2, 0.25) is 0 Å². The van der Waals surface area contributed by atoms with Crippen molar-refractivity contribution in [2.24, 2.45) is 7.05 Å². The normalized spacial score (nSPS) is 16.2. The molecule has 1 saturated heterocycles. The predicted octanol–water partition coefficient (Wildman–Crippen LogP) is 2.91. The van der Waals surface area contributed by atoms with Crippen LogP contribution in [-0.4, -0.2) is 40.2 Å². The van der Waals surface area contributed by atoms with Crippen LogP contribution < -0.4 is 5.32 Å². The van der Waals surface area contributed by atoms with Gasteiger partial charge in [-0.05, 0) is 52.3 Å². The van der Waals surface area contributed by atoms with Crippen molar-refractivity contribution < 1.29 is 4.79 Å². The van der Waals surface area contributed by atoms with E-state index in [1.54, 1.807) is 4.68 Å². The zero-order valence-electron chi connectivity index (χ0n) is 15.7. The number of rotatable bonds is 5. The first kappa shape index (κ1) is 17.7. The third-order valence-electron chi connectivity index (χ3n) is 5.24. The molecule has 2 heterocycles. The van der Waals surface area contributed by atoms with Gasteiger partial charge in [0.05, 0.1) is 17.3 Å². The monoisotopic (exact) mass is 340 g/mol. The minimum absolute atomic E-state index is 0.0283. The first-order chi connectivity index (χ1) is 12.0. The summed E-state index contributed by atoms with van der Waals surface area (Å²) >= 11 is 0. The molecule has 134 valence electrons. The van der Waals surface area contributed by atoms with E-state index in [1.807, 2.05) is 20.9 Å². The van der Waals surface area contributed by atoms with Crippen LogP contribution in [0.4, 0.5) is 0 Å². The Bertz CT molecular complexity index is 742. The van der Waals surface area contributed by atoms with E-state index in [4.69, 9.17) is 0 Å². The first-order valence-electron chi connectivity index (χ1n) is 9.06. The third kappa shape index (κ3) is 3.76. The zero-order valence-corrected chi connectivity index (χ0v) is 15.7. The number of nitrogens with one attached hydrogen (secondary N) is 1. The van der Waals surface area contributed by atoms with Gasteiger partial charge in [0, 0.05) is 19.3 Å². The Hall–Kier alpha value is -2.14. The summed E-state index contributed by atoms with van der Waals surface area (Å²) in [6.45, 7) is 8.74. The molecule has 1 atom stereocenters. The smallest absolute Gasteiger partial charge is 0.255 e. The second-order valence-corrected chi connectivity index (χ2v) is 7.05. The summed E-state index contributed by atoms with van der Waals surface area (Å²) in [5, 5.41) is 7.50. The lowest BCUT2D eigenvalue weighted by Crippen LogP contribution is -2.37. The Balaban J connectivity index is 1.76. The maximum absolute atomic E-state index is 12.7. The van der Waals surface area contributed by atoms with E-state index in [1.165, 1.54) is 24.0 Å². The van der Waals surface area contributed by atoms with Crippen molar-refractivity contribution in [2.75, 3.05) is 19.6 Å². The number of aromatic nitrogens is 2. The molecule has 25 heavy (non-hydrogen) atoms. The van der Waals surface area contributed by atoms with Gasteiger partial charge in [0.25, 0.3) is 5.91 Å². The number of benzene rings is 1. The van der Waals surface area contributed by atoms with Gasteiger partial charge >= 0.3 is 0 Å². The van der Waals surface area contributed by atoms with Gasteiger partial charge in [0.1, 0.15) is 0 Å². The molecule has 5 nitrogen and oxygen atoms in total. The summed E-state index contributed by atoms with van der Waals surface area (Å²) in [4.78, 5) is 15.2. The highest BCUT2D eigenvalue weighted by atomic mass is 16.1. The van der Waals surface area contributed by atoms with Crippen molar-refractivity contribution >= 4 is 5.91 Å². The number of hydrogen-bond donors (Lipinski definition) is 1. The minimum atomic E-state index is -0.0283. The summed E-state index contributed by atoms with van der Waals surface area (Å²) in [5.41, 5.74) is 4.92. The van der Waals surface area contributed by atoms with Gasteiger partial charge in [-0.1, -0.05) is 29.8 Å². The van der Waals surface area contributed by atoms with E-state index in [2.05, 4.69) is 46.5 Å². The highest BCUT2D eigenvalue weighted by Crippen LogP contribution is 2.25. The molecule has 0 spiro atoms. The summed E-state index contributed by atoms with van der Waals surface area (Å²) in [7, 11) is 1.87. The van der Waals surface area contributed by atoms with Crippen LogP contribution in [0, 0.1) is 20.8 Å². The molecule has 1 fully saturated rings. The van der Waals surface area contributed by atoms with Crippen LogP contribution in [0.5, 0.6) is 0 Å². The Morgan fingerprint density at radius 2 is 1.80 bits per heavy atom. The average Bonchev–Trinajstić information content (AvgIpc) is 3.18. The summed E-state index contributed by atoms with van der Waals surface area (Å²) in [6.07, 6.45) is 2.47. The maximum Gasteiger partial charge on any atom is 0.255 e. The number of carbonyl (C=O) groups excluding carboxylic acids is 1. The van der Waals surface area contributed by atoms with Gasteiger partial charge < -0.3 is 5.32 Å². The van der Waals surface area contributed by atoms with E-state index in [0.717, 1.165) is 24.5 Å². The van der Waals surface area contributed by atoms with Gasteiger partial charge in [-0.3, -0.25) is 14.4 Å². The molecular weight excluding hydrogens is 312 g/mol. The van der Waals surface area contributed by atoms with Crippen LogP contribution >= 0.6 is 0 Å². The molecule has 0 saturated carbocycles. The predicted molar refractivity (Wildman–Crippen MR) is 99.7 cm³/mol. The fourth-order valence-electron chi connectivity index (χ4n) is 3.68. The minimum Gasteiger partial charge on any atom is -0.350 e. The topological polar surface area (TPSA) is 50.2 Å². The summed E-state index contributed by atoms with van der Waals surface area (Å²) < 4.78 is 1.77. The highest BCUT2D eigenvalue weighted by Gasteiger charge is 2.25. The number of aryl methyl sites for hydroxylation is 3. The van der Waals surface area contributed by atoms with Crippen molar-refractivity contribution in [2.45, 2.75) is 39.7 Å². The lowest BCUT2D eigenvalue weighted by Gasteiger charge is -2.28. The number of hydrogen-bond acceptors (Lipinski definition) is 3. The van der Waals surface area contributed by atoms with Crippen LogP contribution in [0.25, 0.3) is 0 Å². The van der Waals surface area contributed by atoms with Crippen LogP contribution in [-0.2, 0) is 7.05 Å². The molecular formula is C20H28N4O. The Morgan fingerprint density at radius 1 is 1.16 bits per heavy atom. The van der Waals surface area contributed by atoms with Crippen molar-refractivity contribution in [1.82, 2.24) is 20.0 Å². The van der Waals surface area contributed by atoms with Gasteiger partial charge in [-0.15, -0.1) is 0 Å². The standard InChI is InChI=1S/C20H28N4O/c1-14-7-9-17(10-8-14)18(24-11-5-6-12-24)13-21-20(25)19-15(2)22-23(4)16(19)3/h7-10,18H,5-6,11-13H2,1-4H3,(H,21,25). The van der Waals surface area contributed by atoms with E-state index in [9.17, 15) is 4.79 Å². The van der Waals surface area contributed by atoms with E-state index >= 15 is 0 Å². The molecule has 1 unspecified atom stereocenters. The van der Waals surface area contributed by atoms with Crippen LogP contribution in [0.3, 0.4) is 0 Å². The Kier molecular flexibility index (Phi) is 5.23. The van der Waals surface area contributed by atoms with E-state index < -0.39 is 0 Å².